The summed E-state index contributed by atoms with van der Waals surface area (Å²) < 4.78 is 8.81. The number of rotatable bonds is 7. The van der Waals surface area contributed by atoms with Gasteiger partial charge in [-0.2, -0.15) is 0 Å². The predicted octanol–water partition coefficient (Wildman–Crippen LogP) is 14.5. The van der Waals surface area contributed by atoms with Gasteiger partial charge in [-0.15, -0.1) is 0 Å². The van der Waals surface area contributed by atoms with Gasteiger partial charge in [0.15, 0.2) is 5.58 Å². The SMILES string of the molecule is c1ccc(-c2ccc(N(c3ccc(-c4cc5oc(-c6ccccc6)nc5c5ccccc45)cc3)c3cccc4c3c3ccccc3n4-c3ccccc3)cc2)cc1. The minimum absolute atomic E-state index is 0.625. The zero-order valence-corrected chi connectivity index (χ0v) is 31.0. The number of oxazole rings is 1. The minimum Gasteiger partial charge on any atom is -0.436 e. The van der Waals surface area contributed by atoms with Crippen LogP contribution in [-0.4, -0.2) is 9.55 Å². The molecule has 9 aromatic carbocycles. The molecule has 0 fully saturated rings. The fraction of sp³-hybridized carbons (Fsp3) is 0. The topological polar surface area (TPSA) is 34.2 Å². The molecular formula is C53H35N3O. The first-order valence-electron chi connectivity index (χ1n) is 19.3. The summed E-state index contributed by atoms with van der Waals surface area (Å²) in [6, 6.07) is 75.2. The van der Waals surface area contributed by atoms with E-state index >= 15 is 0 Å². The van der Waals surface area contributed by atoms with E-state index in [0.29, 0.717) is 5.89 Å². The minimum atomic E-state index is 0.625. The summed E-state index contributed by atoms with van der Waals surface area (Å²) in [5.74, 6) is 0.625. The van der Waals surface area contributed by atoms with Gasteiger partial charge in [0.05, 0.1) is 16.7 Å². The number of para-hydroxylation sites is 2. The molecule has 0 radical (unpaired) electrons. The summed E-state index contributed by atoms with van der Waals surface area (Å²) in [6.45, 7) is 0. The van der Waals surface area contributed by atoms with Gasteiger partial charge >= 0.3 is 0 Å². The highest BCUT2D eigenvalue weighted by Gasteiger charge is 2.22. The summed E-state index contributed by atoms with van der Waals surface area (Å²) in [7, 11) is 0. The van der Waals surface area contributed by atoms with Crippen LogP contribution in [0.1, 0.15) is 0 Å². The molecule has 0 saturated heterocycles. The van der Waals surface area contributed by atoms with Crippen LogP contribution >= 0.6 is 0 Å². The third-order valence-electron chi connectivity index (χ3n) is 11.0. The van der Waals surface area contributed by atoms with Crippen molar-refractivity contribution >= 4 is 60.7 Å². The molecule has 0 atom stereocenters. The van der Waals surface area contributed by atoms with Crippen molar-refractivity contribution in [2.24, 2.45) is 0 Å². The van der Waals surface area contributed by atoms with Crippen LogP contribution in [0.4, 0.5) is 17.1 Å². The lowest BCUT2D eigenvalue weighted by atomic mass is 9.97. The molecule has 0 unspecified atom stereocenters. The maximum Gasteiger partial charge on any atom is 0.227 e. The molecule has 57 heavy (non-hydrogen) atoms. The Morgan fingerprint density at radius 2 is 0.965 bits per heavy atom. The van der Waals surface area contributed by atoms with Crippen LogP contribution in [0.2, 0.25) is 0 Å². The van der Waals surface area contributed by atoms with Gasteiger partial charge < -0.3 is 13.9 Å². The Morgan fingerprint density at radius 3 is 1.67 bits per heavy atom. The van der Waals surface area contributed by atoms with E-state index < -0.39 is 0 Å². The Kier molecular flexibility index (Phi) is 7.78. The molecule has 2 heterocycles. The summed E-state index contributed by atoms with van der Waals surface area (Å²) in [4.78, 5) is 7.36. The van der Waals surface area contributed by atoms with E-state index in [9.17, 15) is 0 Å². The van der Waals surface area contributed by atoms with Gasteiger partial charge in [-0.1, -0.05) is 140 Å². The van der Waals surface area contributed by atoms with Crippen LogP contribution in [0, 0.1) is 0 Å². The average molecular weight is 730 g/mol. The Hall–Kier alpha value is -7.69. The average Bonchev–Trinajstić information content (AvgIpc) is 3.88. The lowest BCUT2D eigenvalue weighted by molar-refractivity contribution is 0.620. The van der Waals surface area contributed by atoms with E-state index in [1.807, 2.05) is 30.3 Å². The molecule has 0 spiro atoms. The fourth-order valence-electron chi connectivity index (χ4n) is 8.39. The van der Waals surface area contributed by atoms with Crippen molar-refractivity contribution in [2.45, 2.75) is 0 Å². The van der Waals surface area contributed by atoms with Crippen molar-refractivity contribution in [2.75, 3.05) is 4.90 Å². The van der Waals surface area contributed by atoms with E-state index in [2.05, 4.69) is 191 Å². The van der Waals surface area contributed by atoms with Gasteiger partial charge in [0.25, 0.3) is 0 Å². The predicted molar refractivity (Wildman–Crippen MR) is 237 cm³/mol. The van der Waals surface area contributed by atoms with Crippen LogP contribution in [0.25, 0.3) is 83.1 Å². The van der Waals surface area contributed by atoms with Crippen LogP contribution in [0.5, 0.6) is 0 Å². The van der Waals surface area contributed by atoms with Crippen LogP contribution in [0.15, 0.2) is 217 Å². The lowest BCUT2D eigenvalue weighted by Crippen LogP contribution is -2.10. The first kappa shape index (κ1) is 32.7. The molecule has 11 aromatic rings. The lowest BCUT2D eigenvalue weighted by Gasteiger charge is -2.27. The van der Waals surface area contributed by atoms with Crippen molar-refractivity contribution < 1.29 is 4.42 Å². The Bertz CT molecular complexity index is 3200. The molecule has 0 aliphatic heterocycles. The molecule has 268 valence electrons. The third-order valence-corrected chi connectivity index (χ3v) is 11.0. The number of aromatic nitrogens is 2. The second kappa shape index (κ2) is 13.6. The second-order valence-corrected chi connectivity index (χ2v) is 14.4. The van der Waals surface area contributed by atoms with E-state index in [1.165, 1.54) is 27.4 Å². The molecule has 0 saturated carbocycles. The standard InChI is InChI=1S/C53H35N3O/c1-4-15-36(16-5-1)37-27-31-41(32-28-37)55(48-25-14-26-49-51(48)45-23-12-13-24-47(45)56(49)40-19-8-3-9-20-40)42-33-29-38(30-34-42)46-35-50-52(44-22-11-10-21-43(44)46)54-53(57-50)39-17-6-2-7-18-39/h1-35H. The first-order chi connectivity index (χ1) is 28.3. The molecule has 0 amide bonds. The van der Waals surface area contributed by atoms with Crippen molar-refractivity contribution in [1.29, 1.82) is 0 Å². The summed E-state index contributed by atoms with van der Waals surface area (Å²) in [5, 5.41) is 4.61. The first-order valence-corrected chi connectivity index (χ1v) is 19.3. The van der Waals surface area contributed by atoms with E-state index in [0.717, 1.165) is 66.8 Å². The van der Waals surface area contributed by atoms with Gasteiger partial charge in [-0.05, 0) is 100 Å². The maximum absolute atomic E-state index is 6.43. The highest BCUT2D eigenvalue weighted by Crippen LogP contribution is 2.45. The number of benzene rings is 9. The third kappa shape index (κ3) is 5.58. The summed E-state index contributed by atoms with van der Waals surface area (Å²) >= 11 is 0. The molecular weight excluding hydrogens is 695 g/mol. The van der Waals surface area contributed by atoms with E-state index in [-0.39, 0.29) is 0 Å². The molecule has 0 aliphatic rings. The number of hydrogen-bond donors (Lipinski definition) is 0. The molecule has 0 bridgehead atoms. The molecule has 11 rings (SSSR count). The van der Waals surface area contributed by atoms with Crippen molar-refractivity contribution in [3.8, 4) is 39.4 Å². The summed E-state index contributed by atoms with van der Waals surface area (Å²) in [5.41, 5.74) is 13.9. The molecule has 0 aliphatic carbocycles. The fourth-order valence-corrected chi connectivity index (χ4v) is 8.39. The van der Waals surface area contributed by atoms with Gasteiger partial charge in [0, 0.05) is 38.8 Å². The van der Waals surface area contributed by atoms with Crippen LogP contribution in [0.3, 0.4) is 0 Å². The summed E-state index contributed by atoms with van der Waals surface area (Å²) in [6.07, 6.45) is 0. The monoisotopic (exact) mass is 729 g/mol. The largest absolute Gasteiger partial charge is 0.436 e. The van der Waals surface area contributed by atoms with Crippen molar-refractivity contribution in [3.63, 3.8) is 0 Å². The zero-order chi connectivity index (χ0) is 37.7. The number of nitrogens with zero attached hydrogens (tertiary/aromatic N) is 3. The molecule has 0 N–H and O–H groups in total. The van der Waals surface area contributed by atoms with Gasteiger partial charge in [-0.25, -0.2) is 4.98 Å². The van der Waals surface area contributed by atoms with Crippen molar-refractivity contribution in [3.05, 3.63) is 212 Å². The Labute approximate surface area is 330 Å². The Morgan fingerprint density at radius 1 is 0.421 bits per heavy atom. The normalized spacial score (nSPS) is 11.5. The van der Waals surface area contributed by atoms with Crippen LogP contribution < -0.4 is 4.90 Å². The molecule has 4 heteroatoms. The molecule has 4 nitrogen and oxygen atoms in total. The van der Waals surface area contributed by atoms with Crippen LogP contribution in [-0.2, 0) is 0 Å². The van der Waals surface area contributed by atoms with Gasteiger partial charge in [0.2, 0.25) is 5.89 Å². The number of anilines is 3. The molecule has 2 aromatic heterocycles. The maximum atomic E-state index is 6.43. The smallest absolute Gasteiger partial charge is 0.227 e. The van der Waals surface area contributed by atoms with Crippen molar-refractivity contribution in [1.82, 2.24) is 9.55 Å². The van der Waals surface area contributed by atoms with Gasteiger partial charge in [-0.3, -0.25) is 0 Å². The quantitative estimate of drug-likeness (QED) is 0.164. The van der Waals surface area contributed by atoms with E-state index in [4.69, 9.17) is 9.40 Å². The van der Waals surface area contributed by atoms with E-state index in [1.54, 1.807) is 0 Å². The highest BCUT2D eigenvalue weighted by molar-refractivity contribution is 6.17. The van der Waals surface area contributed by atoms with Gasteiger partial charge in [0.1, 0.15) is 5.52 Å². The highest BCUT2D eigenvalue weighted by atomic mass is 16.3. The number of fused-ring (bicyclic) bond motifs is 6. The number of hydrogen-bond acceptors (Lipinski definition) is 3. The Balaban J connectivity index is 1.09. The second-order valence-electron chi connectivity index (χ2n) is 14.4. The zero-order valence-electron chi connectivity index (χ0n) is 31.0.